The molecule has 1 N–H and O–H groups in total. The molecule has 1 aromatic heterocycles. The Kier molecular flexibility index (Phi) is 7.47. The van der Waals surface area contributed by atoms with Gasteiger partial charge in [-0.25, -0.2) is 8.42 Å². The van der Waals surface area contributed by atoms with Crippen LogP contribution in [0.15, 0.2) is 52.3 Å². The normalized spacial score (nSPS) is 14.0. The van der Waals surface area contributed by atoms with Gasteiger partial charge in [-0.2, -0.15) is 4.31 Å². The summed E-state index contributed by atoms with van der Waals surface area (Å²) in [5.41, 5.74) is 0.422. The van der Waals surface area contributed by atoms with Crippen LogP contribution >= 0.6 is 0 Å². The number of amides is 2. The summed E-state index contributed by atoms with van der Waals surface area (Å²) in [6.45, 7) is 5.15. The average Bonchev–Trinajstić information content (AvgIpc) is 3.30. The molecule has 0 bridgehead atoms. The minimum atomic E-state index is -3.76. The largest absolute Gasteiger partial charge is 0.339 e. The van der Waals surface area contributed by atoms with Crippen molar-refractivity contribution in [3.05, 3.63) is 58.5 Å². The molecule has 0 saturated carbocycles. The summed E-state index contributed by atoms with van der Waals surface area (Å²) in [6, 6.07) is 9.02. The lowest BCUT2D eigenvalue weighted by molar-refractivity contribution is -0.116. The number of pyridine rings is 1. The topological polar surface area (TPSA) is 109 Å². The summed E-state index contributed by atoms with van der Waals surface area (Å²) in [5, 5.41) is 2.68. The van der Waals surface area contributed by atoms with Crippen LogP contribution in [0.3, 0.4) is 0 Å². The van der Waals surface area contributed by atoms with E-state index < -0.39 is 21.5 Å². The number of anilines is 1. The van der Waals surface area contributed by atoms with Crippen molar-refractivity contribution in [3.8, 4) is 0 Å². The van der Waals surface area contributed by atoms with Crippen molar-refractivity contribution in [2.45, 2.75) is 38.1 Å². The van der Waals surface area contributed by atoms with Gasteiger partial charge in [-0.15, -0.1) is 0 Å². The zero-order valence-electron chi connectivity index (χ0n) is 18.3. The van der Waals surface area contributed by atoms with Gasteiger partial charge >= 0.3 is 0 Å². The lowest BCUT2D eigenvalue weighted by Gasteiger charge is -2.19. The van der Waals surface area contributed by atoms with Crippen molar-refractivity contribution in [2.24, 2.45) is 0 Å². The molecule has 2 amide bonds. The van der Waals surface area contributed by atoms with E-state index in [2.05, 4.69) is 5.32 Å². The molecular weight excluding hydrogens is 432 g/mol. The Bertz CT molecular complexity index is 1150. The number of likely N-dealkylation sites (tertiary alicyclic amines) is 1. The SMILES string of the molecule is CCN(CC)S(=O)(=O)c1ccc(=O)n(CC(=O)Nc2cccc(C(=O)N3CCCC3)c2)c1. The van der Waals surface area contributed by atoms with Crippen LogP contribution in [0.2, 0.25) is 0 Å². The molecule has 2 aromatic rings. The minimum absolute atomic E-state index is 0.0493. The number of hydrogen-bond acceptors (Lipinski definition) is 5. The molecule has 1 aliphatic heterocycles. The van der Waals surface area contributed by atoms with Gasteiger partial charge in [0.1, 0.15) is 6.54 Å². The van der Waals surface area contributed by atoms with E-state index in [0.29, 0.717) is 24.3 Å². The highest BCUT2D eigenvalue weighted by atomic mass is 32.2. The molecule has 0 unspecified atom stereocenters. The number of nitrogens with zero attached hydrogens (tertiary/aromatic N) is 3. The second-order valence-electron chi connectivity index (χ2n) is 7.55. The van der Waals surface area contributed by atoms with Gasteiger partial charge in [-0.1, -0.05) is 19.9 Å². The van der Waals surface area contributed by atoms with Crippen molar-refractivity contribution < 1.29 is 18.0 Å². The van der Waals surface area contributed by atoms with Crippen molar-refractivity contribution in [1.82, 2.24) is 13.8 Å². The summed E-state index contributed by atoms with van der Waals surface area (Å²) >= 11 is 0. The molecule has 0 spiro atoms. The Morgan fingerprint density at radius 2 is 1.75 bits per heavy atom. The van der Waals surface area contributed by atoms with Crippen molar-refractivity contribution in [3.63, 3.8) is 0 Å². The standard InChI is InChI=1S/C22H28N4O5S/c1-3-26(4-2)32(30,31)19-10-11-21(28)25(15-19)16-20(27)23-18-9-7-8-17(14-18)22(29)24-12-5-6-13-24/h7-11,14-15H,3-6,12-13,16H2,1-2H3,(H,23,27). The molecule has 32 heavy (non-hydrogen) atoms. The number of rotatable bonds is 8. The maximum Gasteiger partial charge on any atom is 0.253 e. The molecule has 0 atom stereocenters. The fraction of sp³-hybridized carbons (Fsp3) is 0.409. The first-order chi connectivity index (χ1) is 15.3. The first-order valence-electron chi connectivity index (χ1n) is 10.7. The van der Waals surface area contributed by atoms with Crippen molar-refractivity contribution in [1.29, 1.82) is 0 Å². The van der Waals surface area contributed by atoms with Crippen LogP contribution in [-0.4, -0.2) is 60.2 Å². The van der Waals surface area contributed by atoms with Crippen LogP contribution in [0.1, 0.15) is 37.0 Å². The van der Waals surface area contributed by atoms with Gasteiger partial charge in [0.25, 0.3) is 11.5 Å². The summed E-state index contributed by atoms with van der Waals surface area (Å²) in [7, 11) is -3.76. The van der Waals surface area contributed by atoms with E-state index in [0.717, 1.165) is 36.6 Å². The zero-order chi connectivity index (χ0) is 23.3. The monoisotopic (exact) mass is 460 g/mol. The predicted molar refractivity (Wildman–Crippen MR) is 121 cm³/mol. The van der Waals surface area contributed by atoms with Crippen LogP contribution < -0.4 is 10.9 Å². The van der Waals surface area contributed by atoms with Crippen LogP contribution in [0, 0.1) is 0 Å². The fourth-order valence-electron chi connectivity index (χ4n) is 3.69. The molecule has 3 rings (SSSR count). The smallest absolute Gasteiger partial charge is 0.253 e. The summed E-state index contributed by atoms with van der Waals surface area (Å²) in [6.07, 6.45) is 3.16. The fourth-order valence-corrected chi connectivity index (χ4v) is 5.16. The maximum atomic E-state index is 12.7. The molecule has 0 aliphatic carbocycles. The van der Waals surface area contributed by atoms with Gasteiger partial charge in [0, 0.05) is 49.7 Å². The maximum absolute atomic E-state index is 12.7. The zero-order valence-corrected chi connectivity index (χ0v) is 19.1. The highest BCUT2D eigenvalue weighted by molar-refractivity contribution is 7.89. The minimum Gasteiger partial charge on any atom is -0.339 e. The molecule has 1 saturated heterocycles. The lowest BCUT2D eigenvalue weighted by Crippen LogP contribution is -2.33. The number of nitrogens with one attached hydrogen (secondary N) is 1. The molecule has 10 heteroatoms. The molecule has 1 aromatic carbocycles. The van der Waals surface area contributed by atoms with Crippen LogP contribution in [0.25, 0.3) is 0 Å². The van der Waals surface area contributed by atoms with E-state index >= 15 is 0 Å². The molecule has 172 valence electrons. The lowest BCUT2D eigenvalue weighted by atomic mass is 10.1. The van der Waals surface area contributed by atoms with Gasteiger partial charge in [-0.3, -0.25) is 14.4 Å². The number of hydrogen-bond donors (Lipinski definition) is 1. The number of sulfonamides is 1. The third kappa shape index (κ3) is 5.25. The van der Waals surface area contributed by atoms with Crippen molar-refractivity contribution >= 4 is 27.5 Å². The first kappa shape index (κ1) is 23.7. The Morgan fingerprint density at radius 1 is 1.06 bits per heavy atom. The molecule has 2 heterocycles. The first-order valence-corrected chi connectivity index (χ1v) is 12.1. The Balaban J connectivity index is 1.75. The highest BCUT2D eigenvalue weighted by Crippen LogP contribution is 2.17. The van der Waals surface area contributed by atoms with E-state index in [1.165, 1.54) is 16.6 Å². The van der Waals surface area contributed by atoms with Gasteiger partial charge in [-0.05, 0) is 37.1 Å². The third-order valence-corrected chi connectivity index (χ3v) is 7.43. The van der Waals surface area contributed by atoms with Crippen molar-refractivity contribution in [2.75, 3.05) is 31.5 Å². The molecule has 1 fully saturated rings. The predicted octanol–water partition coefficient (Wildman–Crippen LogP) is 1.75. The van der Waals surface area contributed by atoms with E-state index in [1.54, 1.807) is 43.0 Å². The second kappa shape index (κ2) is 10.1. The second-order valence-corrected chi connectivity index (χ2v) is 9.49. The van der Waals surface area contributed by atoms with E-state index in [-0.39, 0.29) is 17.3 Å². The van der Waals surface area contributed by atoms with Gasteiger partial charge in [0.15, 0.2) is 0 Å². The van der Waals surface area contributed by atoms with E-state index in [4.69, 9.17) is 0 Å². The summed E-state index contributed by atoms with van der Waals surface area (Å²) in [5.74, 6) is -0.584. The number of benzene rings is 1. The van der Waals surface area contributed by atoms with Crippen LogP contribution in [0.5, 0.6) is 0 Å². The van der Waals surface area contributed by atoms with Crippen LogP contribution in [-0.2, 0) is 21.4 Å². The number of carbonyl (C=O) groups is 2. The molecular formula is C22H28N4O5S. The Morgan fingerprint density at radius 3 is 2.41 bits per heavy atom. The van der Waals surface area contributed by atoms with Crippen LogP contribution in [0.4, 0.5) is 5.69 Å². The van der Waals surface area contributed by atoms with Gasteiger partial charge < -0.3 is 14.8 Å². The summed E-state index contributed by atoms with van der Waals surface area (Å²) < 4.78 is 27.8. The number of aromatic nitrogens is 1. The highest BCUT2D eigenvalue weighted by Gasteiger charge is 2.23. The molecule has 0 radical (unpaired) electrons. The summed E-state index contributed by atoms with van der Waals surface area (Å²) in [4.78, 5) is 39.1. The van der Waals surface area contributed by atoms with E-state index in [9.17, 15) is 22.8 Å². The third-order valence-electron chi connectivity index (χ3n) is 5.40. The molecule has 1 aliphatic rings. The Hall–Kier alpha value is -2.98. The van der Waals surface area contributed by atoms with E-state index in [1.807, 2.05) is 0 Å². The quantitative estimate of drug-likeness (QED) is 0.646. The molecule has 9 nitrogen and oxygen atoms in total. The number of carbonyl (C=O) groups excluding carboxylic acids is 2. The van der Waals surface area contributed by atoms with Gasteiger partial charge in [0.05, 0.1) is 4.90 Å². The Labute approximate surface area is 187 Å². The van der Waals surface area contributed by atoms with Gasteiger partial charge in [0.2, 0.25) is 15.9 Å². The average molecular weight is 461 g/mol.